The number of nitrogens with one attached hydrogen (secondary N) is 2. The Morgan fingerprint density at radius 2 is 0.736 bits per heavy atom. The minimum atomic E-state index is -3.47. The SMILES string of the molecule is c1ccc2cc3c(cc2c1)NC1=C2Nc4cc5ccccc5cc4N2[Si]2(N13)n1c(nc3cc4ccccc4cc31)-c1nc3cc4ccccc4cc3n12. The summed E-state index contributed by atoms with van der Waals surface area (Å²) >= 11 is 0. The van der Waals surface area contributed by atoms with Crippen molar-refractivity contribution < 1.29 is 0 Å². The summed E-state index contributed by atoms with van der Waals surface area (Å²) in [6, 6.07) is 53.0. The highest BCUT2D eigenvalue weighted by atomic mass is 28.4. The van der Waals surface area contributed by atoms with Crippen molar-refractivity contribution in [3.63, 3.8) is 0 Å². The van der Waals surface area contributed by atoms with Gasteiger partial charge in [0.05, 0.1) is 44.8 Å². The van der Waals surface area contributed by atoms with Gasteiger partial charge < -0.3 is 10.6 Å². The molecular weight excluding hydrogens is 669 g/mol. The second kappa shape index (κ2) is 8.85. The van der Waals surface area contributed by atoms with Crippen LogP contribution in [0.2, 0.25) is 0 Å². The molecule has 0 amide bonds. The van der Waals surface area contributed by atoms with Crippen LogP contribution in [-0.4, -0.2) is 27.2 Å². The van der Waals surface area contributed by atoms with E-state index in [0.29, 0.717) is 0 Å². The fourth-order valence-electron chi connectivity index (χ4n) is 9.62. The molecule has 4 aliphatic rings. The van der Waals surface area contributed by atoms with Crippen LogP contribution in [0.3, 0.4) is 0 Å². The Labute approximate surface area is 302 Å². The van der Waals surface area contributed by atoms with Crippen molar-refractivity contribution in [2.75, 3.05) is 19.8 Å². The van der Waals surface area contributed by atoms with Crippen LogP contribution in [0, 0.1) is 0 Å². The minimum Gasteiger partial charge on any atom is -0.337 e. The van der Waals surface area contributed by atoms with Crippen LogP contribution in [0.1, 0.15) is 0 Å². The molecule has 10 aromatic rings. The van der Waals surface area contributed by atoms with E-state index in [2.05, 4.69) is 174 Å². The highest BCUT2D eigenvalue weighted by Gasteiger charge is 2.70. The van der Waals surface area contributed by atoms with E-state index in [1.807, 2.05) is 0 Å². The molecule has 0 bridgehead atoms. The third kappa shape index (κ3) is 3.04. The summed E-state index contributed by atoms with van der Waals surface area (Å²) in [5.41, 5.74) is 8.66. The van der Waals surface area contributed by atoms with Gasteiger partial charge in [-0.3, -0.25) is 17.6 Å². The quantitative estimate of drug-likeness (QED) is 0.154. The fraction of sp³-hybridized carbons (Fsp3) is 0. The van der Waals surface area contributed by atoms with Gasteiger partial charge in [0.2, 0.25) is 0 Å². The van der Waals surface area contributed by atoms with Crippen LogP contribution >= 0.6 is 0 Å². The molecule has 6 heterocycles. The smallest absolute Gasteiger partial charge is 0.337 e. The lowest BCUT2D eigenvalue weighted by atomic mass is 10.1. The maximum absolute atomic E-state index is 5.51. The van der Waals surface area contributed by atoms with Gasteiger partial charge in [-0.15, -0.1) is 0 Å². The summed E-state index contributed by atoms with van der Waals surface area (Å²) in [6.45, 7) is 0. The number of hydrogen-bond acceptors (Lipinski definition) is 6. The maximum Gasteiger partial charge on any atom is 0.526 e. The Morgan fingerprint density at radius 3 is 1.13 bits per heavy atom. The number of nitrogens with zero attached hydrogens (tertiary/aromatic N) is 6. The van der Waals surface area contributed by atoms with E-state index >= 15 is 0 Å². The van der Waals surface area contributed by atoms with E-state index in [4.69, 9.17) is 9.97 Å². The van der Waals surface area contributed by atoms with Gasteiger partial charge in [-0.25, -0.2) is 9.97 Å². The van der Waals surface area contributed by atoms with Gasteiger partial charge in [-0.1, -0.05) is 97.1 Å². The van der Waals surface area contributed by atoms with E-state index < -0.39 is 8.72 Å². The lowest BCUT2D eigenvalue weighted by Gasteiger charge is -2.40. The Bertz CT molecular complexity index is 3170. The molecule has 2 N–H and O–H groups in total. The average Bonchev–Trinajstić information content (AvgIpc) is 4.01. The summed E-state index contributed by atoms with van der Waals surface area (Å²) in [7, 11) is -3.47. The van der Waals surface area contributed by atoms with E-state index in [1.165, 1.54) is 43.1 Å². The molecule has 53 heavy (non-hydrogen) atoms. The van der Waals surface area contributed by atoms with Crippen molar-refractivity contribution in [2.24, 2.45) is 0 Å². The molecule has 0 fully saturated rings. The highest BCUT2D eigenvalue weighted by Crippen LogP contribution is 2.58. The fourth-order valence-corrected chi connectivity index (χ4v) is 14.6. The number of hydrogen-bond donors (Lipinski definition) is 2. The molecule has 1 spiro atoms. The molecular formula is C44H26N8Si. The van der Waals surface area contributed by atoms with E-state index in [0.717, 1.165) is 68.1 Å². The zero-order valence-electron chi connectivity index (χ0n) is 28.0. The number of anilines is 4. The second-order valence-corrected chi connectivity index (χ2v) is 17.6. The van der Waals surface area contributed by atoms with Crippen molar-refractivity contribution in [3.05, 3.63) is 157 Å². The van der Waals surface area contributed by atoms with Crippen molar-refractivity contribution >= 4 is 96.6 Å². The molecule has 0 saturated heterocycles. The predicted octanol–water partition coefficient (Wildman–Crippen LogP) is 9.82. The first-order valence-corrected chi connectivity index (χ1v) is 19.8. The van der Waals surface area contributed by atoms with Crippen LogP contribution < -0.4 is 19.8 Å². The molecule has 0 unspecified atom stereocenters. The molecule has 0 atom stereocenters. The molecule has 0 radical (unpaired) electrons. The normalized spacial score (nSPS) is 15.8. The Kier molecular flexibility index (Phi) is 4.45. The Balaban J connectivity index is 1.19. The van der Waals surface area contributed by atoms with Crippen molar-refractivity contribution in [1.82, 2.24) is 18.4 Å². The zero-order valence-corrected chi connectivity index (χ0v) is 29.0. The molecule has 0 saturated carbocycles. The van der Waals surface area contributed by atoms with E-state index in [-0.39, 0.29) is 0 Å². The van der Waals surface area contributed by atoms with Gasteiger partial charge in [0.1, 0.15) is 11.6 Å². The van der Waals surface area contributed by atoms with Crippen LogP contribution in [0.5, 0.6) is 0 Å². The van der Waals surface area contributed by atoms with Crippen LogP contribution in [-0.2, 0) is 0 Å². The van der Waals surface area contributed by atoms with Gasteiger partial charge in [-0.2, -0.15) is 0 Å². The molecule has 8 aromatic carbocycles. The van der Waals surface area contributed by atoms with Crippen molar-refractivity contribution in [2.45, 2.75) is 0 Å². The first kappa shape index (κ1) is 26.7. The summed E-state index contributed by atoms with van der Waals surface area (Å²) in [5.74, 6) is 3.88. The summed E-state index contributed by atoms with van der Waals surface area (Å²) < 4.78 is 10.4. The van der Waals surface area contributed by atoms with Gasteiger partial charge in [0.25, 0.3) is 0 Å². The van der Waals surface area contributed by atoms with E-state index in [9.17, 15) is 0 Å². The highest BCUT2D eigenvalue weighted by molar-refractivity contribution is 6.89. The van der Waals surface area contributed by atoms with Gasteiger partial charge in [-0.05, 0) is 91.6 Å². The number of aromatic nitrogens is 4. The summed E-state index contributed by atoms with van der Waals surface area (Å²) in [5, 5.41) is 17.5. The van der Waals surface area contributed by atoms with Crippen molar-refractivity contribution in [3.8, 4) is 11.6 Å². The zero-order chi connectivity index (χ0) is 34.2. The number of benzene rings is 8. The number of fused-ring (bicyclic) bond motifs is 21. The van der Waals surface area contributed by atoms with Crippen LogP contribution in [0.15, 0.2) is 157 Å². The Hall–Kier alpha value is -7.10. The standard InChI is InChI=1S/C44H26N8Si/c1-5-13-29-21-37-33(17-25(29)9-1)45-41-42-46-34-18-26-10-2-6-14-30(26)22-38(34)50(42)53(49(37)41)51-39-23-31-15-7-3-11-27(31)19-35(39)47-43(51)44-48-36-20-28-12-4-8-16-32(28)24-40(36)52(44)53/h1-24,45-46H. The molecule has 4 aliphatic heterocycles. The lowest BCUT2D eigenvalue weighted by molar-refractivity contribution is 1.05. The average molecular weight is 695 g/mol. The second-order valence-electron chi connectivity index (χ2n) is 14.6. The van der Waals surface area contributed by atoms with Crippen LogP contribution in [0.4, 0.5) is 22.7 Å². The predicted molar refractivity (Wildman–Crippen MR) is 217 cm³/mol. The topological polar surface area (TPSA) is 66.2 Å². The molecule has 246 valence electrons. The monoisotopic (exact) mass is 694 g/mol. The van der Waals surface area contributed by atoms with Crippen LogP contribution in [0.25, 0.3) is 76.8 Å². The number of rotatable bonds is 0. The molecule has 9 heteroatoms. The first-order valence-electron chi connectivity index (χ1n) is 18.0. The van der Waals surface area contributed by atoms with Gasteiger partial charge in [0.15, 0.2) is 11.6 Å². The lowest BCUT2D eigenvalue weighted by Crippen LogP contribution is -2.69. The summed E-state index contributed by atoms with van der Waals surface area (Å²) in [4.78, 5) is 11.0. The number of imidazole rings is 2. The molecule has 0 aliphatic carbocycles. The maximum atomic E-state index is 5.51. The molecule has 14 rings (SSSR count). The van der Waals surface area contributed by atoms with Gasteiger partial charge in [0, 0.05) is 0 Å². The third-order valence-electron chi connectivity index (χ3n) is 11.8. The minimum absolute atomic E-state index is 0.895. The van der Waals surface area contributed by atoms with E-state index in [1.54, 1.807) is 0 Å². The molecule has 2 aromatic heterocycles. The molecule has 8 nitrogen and oxygen atoms in total. The summed E-state index contributed by atoms with van der Waals surface area (Å²) in [6.07, 6.45) is 0. The first-order chi connectivity index (χ1) is 26.2. The van der Waals surface area contributed by atoms with Crippen molar-refractivity contribution in [1.29, 1.82) is 0 Å². The third-order valence-corrected chi connectivity index (χ3v) is 16.1. The largest absolute Gasteiger partial charge is 0.526 e. The van der Waals surface area contributed by atoms with Gasteiger partial charge >= 0.3 is 8.72 Å². The Morgan fingerprint density at radius 1 is 0.396 bits per heavy atom.